The van der Waals surface area contributed by atoms with Crippen molar-refractivity contribution in [3.63, 3.8) is 0 Å². The van der Waals surface area contributed by atoms with E-state index in [4.69, 9.17) is 0 Å². The number of hydrogen-bond donors (Lipinski definition) is 2. The van der Waals surface area contributed by atoms with Gasteiger partial charge in [-0.3, -0.25) is 0 Å². The maximum Gasteiger partial charge on any atom is 0.337 e. The Morgan fingerprint density at radius 2 is 1.95 bits per heavy atom. The number of hydrogen-bond acceptors (Lipinski definition) is 2. The van der Waals surface area contributed by atoms with E-state index in [1.807, 2.05) is 0 Å². The van der Waals surface area contributed by atoms with Crippen LogP contribution in [0.15, 0.2) is 21.1 Å². The van der Waals surface area contributed by atoms with Crippen molar-refractivity contribution in [1.82, 2.24) is 4.90 Å². The van der Waals surface area contributed by atoms with Crippen molar-refractivity contribution in [3.05, 3.63) is 26.6 Å². The summed E-state index contributed by atoms with van der Waals surface area (Å²) in [5.74, 6) is -1.10. The molecule has 0 radical (unpaired) electrons. The Kier molecular flexibility index (Phi) is 7.17. The van der Waals surface area contributed by atoms with Gasteiger partial charge >= 0.3 is 12.0 Å². The maximum absolute atomic E-state index is 12.1. The Bertz CT molecular complexity index is 535. The Hall–Kier alpha value is -1.08. The van der Waals surface area contributed by atoms with E-state index >= 15 is 0 Å². The molecule has 0 atom stereocenters. The van der Waals surface area contributed by atoms with E-state index in [0.717, 1.165) is 19.3 Å². The predicted octanol–water partition coefficient (Wildman–Crippen LogP) is 4.56. The van der Waals surface area contributed by atoms with Gasteiger partial charge in [0.15, 0.2) is 0 Å². The van der Waals surface area contributed by atoms with Crippen LogP contribution in [0.5, 0.6) is 0 Å². The first-order chi connectivity index (χ1) is 9.86. The molecule has 1 aromatic rings. The van der Waals surface area contributed by atoms with Crippen LogP contribution in [0.25, 0.3) is 0 Å². The van der Waals surface area contributed by atoms with Crippen LogP contribution in [-0.2, 0) is 0 Å². The Labute approximate surface area is 141 Å². The van der Waals surface area contributed by atoms with Crippen LogP contribution in [-0.4, -0.2) is 35.6 Å². The molecule has 0 aromatic heterocycles. The number of nitrogens with zero attached hydrogens (tertiary/aromatic N) is 1. The SMILES string of the molecule is CCCCCN(C)C(=O)Nc1c(Br)cc(Br)cc1C(=O)O. The van der Waals surface area contributed by atoms with E-state index in [9.17, 15) is 14.7 Å². The first-order valence-corrected chi connectivity index (χ1v) is 8.19. The van der Waals surface area contributed by atoms with Crippen LogP contribution in [0, 0.1) is 0 Å². The average molecular weight is 422 g/mol. The highest BCUT2D eigenvalue weighted by Gasteiger charge is 2.18. The maximum atomic E-state index is 12.1. The molecule has 0 aliphatic carbocycles. The summed E-state index contributed by atoms with van der Waals surface area (Å²) in [7, 11) is 1.69. The van der Waals surface area contributed by atoms with Gasteiger partial charge in [0.2, 0.25) is 0 Å². The second-order valence-electron chi connectivity index (χ2n) is 4.67. The predicted molar refractivity (Wildman–Crippen MR) is 90.0 cm³/mol. The highest BCUT2D eigenvalue weighted by molar-refractivity contribution is 9.11. The monoisotopic (exact) mass is 420 g/mol. The Morgan fingerprint density at radius 1 is 1.29 bits per heavy atom. The Balaban J connectivity index is 2.87. The van der Waals surface area contributed by atoms with Gasteiger partial charge in [0.25, 0.3) is 0 Å². The van der Waals surface area contributed by atoms with Gasteiger partial charge in [-0.1, -0.05) is 35.7 Å². The van der Waals surface area contributed by atoms with Gasteiger partial charge in [0.05, 0.1) is 11.3 Å². The van der Waals surface area contributed by atoms with Crippen molar-refractivity contribution >= 4 is 49.5 Å². The first-order valence-electron chi connectivity index (χ1n) is 6.61. The fraction of sp³-hybridized carbons (Fsp3) is 0.429. The van der Waals surface area contributed by atoms with E-state index in [1.165, 1.54) is 6.07 Å². The minimum atomic E-state index is -1.10. The summed E-state index contributed by atoms with van der Waals surface area (Å²) in [6.45, 7) is 2.73. The van der Waals surface area contributed by atoms with Crippen molar-refractivity contribution in [2.24, 2.45) is 0 Å². The zero-order valence-electron chi connectivity index (χ0n) is 11.9. The highest BCUT2D eigenvalue weighted by atomic mass is 79.9. The number of nitrogens with one attached hydrogen (secondary N) is 1. The quantitative estimate of drug-likeness (QED) is 0.661. The summed E-state index contributed by atoms with van der Waals surface area (Å²) in [6.07, 6.45) is 3.06. The lowest BCUT2D eigenvalue weighted by Crippen LogP contribution is -2.32. The molecule has 1 aromatic carbocycles. The molecule has 0 saturated heterocycles. The molecule has 5 nitrogen and oxygen atoms in total. The standard InChI is InChI=1S/C14H18Br2N2O3/c1-3-4-5-6-18(2)14(21)17-12-10(13(19)20)7-9(15)8-11(12)16/h7-8H,3-6H2,1-2H3,(H,17,21)(H,19,20). The number of benzene rings is 1. The molecule has 0 spiro atoms. The van der Waals surface area contributed by atoms with Gasteiger partial charge < -0.3 is 15.3 Å². The molecule has 2 N–H and O–H groups in total. The zero-order chi connectivity index (χ0) is 16.0. The summed E-state index contributed by atoms with van der Waals surface area (Å²) >= 11 is 6.52. The summed E-state index contributed by atoms with van der Waals surface area (Å²) in [5, 5.41) is 11.9. The minimum absolute atomic E-state index is 0.0339. The Morgan fingerprint density at radius 3 is 2.52 bits per heavy atom. The molecule has 0 aliphatic rings. The van der Waals surface area contributed by atoms with Gasteiger partial charge in [-0.15, -0.1) is 0 Å². The molecule has 21 heavy (non-hydrogen) atoms. The van der Waals surface area contributed by atoms with Gasteiger partial charge in [-0.05, 0) is 34.5 Å². The van der Waals surface area contributed by atoms with Gasteiger partial charge in [0, 0.05) is 22.5 Å². The second-order valence-corrected chi connectivity index (χ2v) is 6.44. The third kappa shape index (κ3) is 5.32. The molecule has 1 rings (SSSR count). The summed E-state index contributed by atoms with van der Waals surface area (Å²) in [4.78, 5) is 24.9. The molecule has 0 heterocycles. The number of amides is 2. The molecule has 0 bridgehead atoms. The fourth-order valence-electron chi connectivity index (χ4n) is 1.77. The number of rotatable bonds is 6. The minimum Gasteiger partial charge on any atom is -0.478 e. The number of carboxylic acid groups (broad SMARTS) is 1. The molecule has 116 valence electrons. The van der Waals surface area contributed by atoms with Gasteiger partial charge in [-0.2, -0.15) is 0 Å². The van der Waals surface area contributed by atoms with Crippen molar-refractivity contribution in [2.45, 2.75) is 26.2 Å². The van der Waals surface area contributed by atoms with Crippen LogP contribution in [0.3, 0.4) is 0 Å². The van der Waals surface area contributed by atoms with E-state index in [1.54, 1.807) is 18.0 Å². The number of unbranched alkanes of at least 4 members (excludes halogenated alkanes) is 2. The fourth-order valence-corrected chi connectivity index (χ4v) is 3.10. The summed E-state index contributed by atoms with van der Waals surface area (Å²) in [6, 6.07) is 2.83. The number of anilines is 1. The van der Waals surface area contributed by atoms with Crippen LogP contribution in [0.1, 0.15) is 36.5 Å². The van der Waals surface area contributed by atoms with Crippen LogP contribution < -0.4 is 5.32 Å². The van der Waals surface area contributed by atoms with Crippen LogP contribution in [0.4, 0.5) is 10.5 Å². The lowest BCUT2D eigenvalue weighted by molar-refractivity contribution is 0.0698. The number of carbonyl (C=O) groups excluding carboxylic acids is 1. The number of aromatic carboxylic acids is 1. The molecule has 0 saturated carbocycles. The average Bonchev–Trinajstić information content (AvgIpc) is 2.41. The molecular weight excluding hydrogens is 404 g/mol. The van der Waals surface area contributed by atoms with Crippen LogP contribution in [0.2, 0.25) is 0 Å². The van der Waals surface area contributed by atoms with Crippen molar-refractivity contribution in [1.29, 1.82) is 0 Å². The van der Waals surface area contributed by atoms with Crippen molar-refractivity contribution in [3.8, 4) is 0 Å². The molecular formula is C14H18Br2N2O3. The van der Waals surface area contributed by atoms with E-state index in [-0.39, 0.29) is 17.3 Å². The molecule has 0 aliphatic heterocycles. The molecule has 2 amide bonds. The topological polar surface area (TPSA) is 69.6 Å². The van der Waals surface area contributed by atoms with E-state index < -0.39 is 5.97 Å². The smallest absolute Gasteiger partial charge is 0.337 e. The van der Waals surface area contributed by atoms with E-state index in [0.29, 0.717) is 15.5 Å². The van der Waals surface area contributed by atoms with Crippen LogP contribution >= 0.6 is 31.9 Å². The number of halogens is 2. The molecule has 0 fully saturated rings. The molecule has 0 unspecified atom stereocenters. The number of carbonyl (C=O) groups is 2. The van der Waals surface area contributed by atoms with Crippen molar-refractivity contribution < 1.29 is 14.7 Å². The number of carboxylic acids is 1. The lowest BCUT2D eigenvalue weighted by Gasteiger charge is -2.19. The van der Waals surface area contributed by atoms with Gasteiger partial charge in [0.1, 0.15) is 0 Å². The zero-order valence-corrected chi connectivity index (χ0v) is 15.1. The largest absolute Gasteiger partial charge is 0.478 e. The van der Waals surface area contributed by atoms with Crippen molar-refractivity contribution in [2.75, 3.05) is 18.9 Å². The highest BCUT2D eigenvalue weighted by Crippen LogP contribution is 2.31. The summed E-state index contributed by atoms with van der Waals surface area (Å²) < 4.78 is 1.14. The normalized spacial score (nSPS) is 10.3. The molecule has 7 heteroatoms. The summed E-state index contributed by atoms with van der Waals surface area (Å²) in [5.41, 5.74) is 0.296. The van der Waals surface area contributed by atoms with E-state index in [2.05, 4.69) is 44.1 Å². The second kappa shape index (κ2) is 8.38. The number of urea groups is 1. The third-order valence-corrected chi connectivity index (χ3v) is 4.04. The first kappa shape index (κ1) is 18.0. The van der Waals surface area contributed by atoms with Gasteiger partial charge in [-0.25, -0.2) is 9.59 Å². The lowest BCUT2D eigenvalue weighted by atomic mass is 10.2. The third-order valence-electron chi connectivity index (χ3n) is 2.96.